The Balaban J connectivity index is 1.67. The maximum atomic E-state index is 14.6. The van der Waals surface area contributed by atoms with Gasteiger partial charge in [0.25, 0.3) is 5.91 Å². The lowest BCUT2D eigenvalue weighted by Crippen LogP contribution is -2.45. The Morgan fingerprint density at radius 2 is 1.88 bits per heavy atom. The molecule has 0 saturated carbocycles. The SMILES string of the molecule is C=CCNC(=O)[C@@]1(Cc2ccccc2-c2ccccc2F)CCN(C(=O)c2cnccn2)C1. The second-order valence-electron chi connectivity index (χ2n) is 8.16. The normalized spacial score (nSPS) is 17.5. The fourth-order valence-electron chi connectivity index (χ4n) is 4.36. The molecule has 0 spiro atoms. The number of amides is 2. The zero-order chi connectivity index (χ0) is 23.3. The molecule has 1 aromatic heterocycles. The molecule has 3 aromatic rings. The smallest absolute Gasteiger partial charge is 0.274 e. The van der Waals surface area contributed by atoms with Gasteiger partial charge < -0.3 is 10.2 Å². The summed E-state index contributed by atoms with van der Waals surface area (Å²) < 4.78 is 14.6. The second-order valence-corrected chi connectivity index (χ2v) is 8.16. The first-order valence-corrected chi connectivity index (χ1v) is 10.8. The minimum atomic E-state index is -0.859. The van der Waals surface area contributed by atoms with Gasteiger partial charge in [0.15, 0.2) is 0 Å². The van der Waals surface area contributed by atoms with Crippen LogP contribution in [0.2, 0.25) is 0 Å². The summed E-state index contributed by atoms with van der Waals surface area (Å²) in [5.74, 6) is -0.731. The van der Waals surface area contributed by atoms with Gasteiger partial charge >= 0.3 is 0 Å². The summed E-state index contributed by atoms with van der Waals surface area (Å²) in [4.78, 5) is 36.1. The number of halogens is 1. The van der Waals surface area contributed by atoms with E-state index in [4.69, 9.17) is 0 Å². The van der Waals surface area contributed by atoms with Crippen molar-refractivity contribution < 1.29 is 14.0 Å². The summed E-state index contributed by atoms with van der Waals surface area (Å²) in [6, 6.07) is 14.1. The molecule has 0 bridgehead atoms. The van der Waals surface area contributed by atoms with Crippen molar-refractivity contribution in [1.29, 1.82) is 0 Å². The molecule has 2 amide bonds. The van der Waals surface area contributed by atoms with Crippen LogP contribution in [0.25, 0.3) is 11.1 Å². The van der Waals surface area contributed by atoms with Crippen LogP contribution in [0.1, 0.15) is 22.5 Å². The molecule has 1 fully saturated rings. The minimum absolute atomic E-state index is 0.153. The summed E-state index contributed by atoms with van der Waals surface area (Å²) >= 11 is 0. The van der Waals surface area contributed by atoms with Gasteiger partial charge in [-0.15, -0.1) is 6.58 Å². The predicted octanol–water partition coefficient (Wildman–Crippen LogP) is 3.66. The highest BCUT2D eigenvalue weighted by Crippen LogP contribution is 2.38. The summed E-state index contributed by atoms with van der Waals surface area (Å²) in [5.41, 5.74) is 1.46. The molecule has 2 aromatic carbocycles. The van der Waals surface area contributed by atoms with E-state index in [-0.39, 0.29) is 29.9 Å². The molecule has 4 rings (SSSR count). The van der Waals surface area contributed by atoms with Crippen molar-refractivity contribution in [2.24, 2.45) is 5.41 Å². The lowest BCUT2D eigenvalue weighted by atomic mass is 9.78. The summed E-state index contributed by atoms with van der Waals surface area (Å²) in [6.45, 7) is 4.65. The first kappa shape index (κ1) is 22.3. The Morgan fingerprint density at radius 1 is 1.12 bits per heavy atom. The first-order chi connectivity index (χ1) is 16.0. The Morgan fingerprint density at radius 3 is 2.61 bits per heavy atom. The number of nitrogens with zero attached hydrogens (tertiary/aromatic N) is 3. The molecule has 6 nitrogen and oxygen atoms in total. The van der Waals surface area contributed by atoms with Crippen LogP contribution in [-0.2, 0) is 11.2 Å². The number of carbonyl (C=O) groups is 2. The third-order valence-electron chi connectivity index (χ3n) is 6.02. The van der Waals surface area contributed by atoms with Crippen LogP contribution >= 0.6 is 0 Å². The van der Waals surface area contributed by atoms with E-state index < -0.39 is 5.41 Å². The highest BCUT2D eigenvalue weighted by molar-refractivity contribution is 5.93. The third-order valence-corrected chi connectivity index (χ3v) is 6.02. The van der Waals surface area contributed by atoms with Crippen LogP contribution in [0.4, 0.5) is 4.39 Å². The topological polar surface area (TPSA) is 75.2 Å². The molecule has 0 unspecified atom stereocenters. The molecule has 1 atom stereocenters. The standard InChI is InChI=1S/C26H25FN4O2/c1-2-12-30-25(33)26(11-15-31(18-26)24(32)23-17-28-13-14-29-23)16-19-7-3-4-8-20(19)21-9-5-6-10-22(21)27/h2-10,13-14,17H,1,11-12,15-16,18H2,(H,30,33)/t26-/m1/s1. The van der Waals surface area contributed by atoms with E-state index in [0.717, 1.165) is 11.1 Å². The number of hydrogen-bond donors (Lipinski definition) is 1. The maximum Gasteiger partial charge on any atom is 0.274 e. The van der Waals surface area contributed by atoms with E-state index in [1.165, 1.54) is 24.7 Å². The van der Waals surface area contributed by atoms with Crippen molar-refractivity contribution in [3.8, 4) is 11.1 Å². The van der Waals surface area contributed by atoms with Gasteiger partial charge in [-0.25, -0.2) is 9.37 Å². The van der Waals surface area contributed by atoms with Crippen molar-refractivity contribution in [1.82, 2.24) is 20.2 Å². The number of carbonyl (C=O) groups excluding carboxylic acids is 2. The predicted molar refractivity (Wildman–Crippen MR) is 124 cm³/mol. The van der Waals surface area contributed by atoms with Crippen molar-refractivity contribution in [3.05, 3.63) is 96.9 Å². The Labute approximate surface area is 192 Å². The van der Waals surface area contributed by atoms with Crippen molar-refractivity contribution in [3.63, 3.8) is 0 Å². The number of aromatic nitrogens is 2. The number of likely N-dealkylation sites (tertiary alicyclic amines) is 1. The fourth-order valence-corrected chi connectivity index (χ4v) is 4.36. The van der Waals surface area contributed by atoms with Crippen LogP contribution in [0.5, 0.6) is 0 Å². The molecule has 2 heterocycles. The Kier molecular flexibility index (Phi) is 6.58. The zero-order valence-electron chi connectivity index (χ0n) is 18.2. The molecule has 1 saturated heterocycles. The van der Waals surface area contributed by atoms with E-state index in [2.05, 4.69) is 21.9 Å². The molecule has 1 aliphatic rings. The minimum Gasteiger partial charge on any atom is -0.352 e. The van der Waals surface area contributed by atoms with Gasteiger partial charge in [-0.3, -0.25) is 14.6 Å². The van der Waals surface area contributed by atoms with Gasteiger partial charge in [0.05, 0.1) is 11.6 Å². The van der Waals surface area contributed by atoms with E-state index in [1.807, 2.05) is 24.3 Å². The van der Waals surface area contributed by atoms with Gasteiger partial charge in [-0.2, -0.15) is 0 Å². The second kappa shape index (κ2) is 9.73. The fraction of sp³-hybridized carbons (Fsp3) is 0.231. The van der Waals surface area contributed by atoms with Gasteiger partial charge in [-0.1, -0.05) is 48.5 Å². The van der Waals surface area contributed by atoms with Crippen molar-refractivity contribution in [2.75, 3.05) is 19.6 Å². The Hall–Kier alpha value is -3.87. The van der Waals surface area contributed by atoms with Gasteiger partial charge in [0, 0.05) is 37.6 Å². The molecule has 33 heavy (non-hydrogen) atoms. The summed E-state index contributed by atoms with van der Waals surface area (Å²) in [5, 5.41) is 2.91. The number of nitrogens with one attached hydrogen (secondary N) is 1. The summed E-state index contributed by atoms with van der Waals surface area (Å²) in [6.07, 6.45) is 6.87. The van der Waals surface area contributed by atoms with Crippen molar-refractivity contribution >= 4 is 11.8 Å². The molecule has 7 heteroatoms. The zero-order valence-corrected chi connectivity index (χ0v) is 18.2. The quantitative estimate of drug-likeness (QED) is 0.565. The van der Waals surface area contributed by atoms with E-state index >= 15 is 0 Å². The largest absolute Gasteiger partial charge is 0.352 e. The lowest BCUT2D eigenvalue weighted by Gasteiger charge is -2.29. The molecular weight excluding hydrogens is 419 g/mol. The highest BCUT2D eigenvalue weighted by atomic mass is 19.1. The molecule has 168 valence electrons. The van der Waals surface area contributed by atoms with Crippen LogP contribution in [0, 0.1) is 11.2 Å². The van der Waals surface area contributed by atoms with E-state index in [0.29, 0.717) is 31.5 Å². The van der Waals surface area contributed by atoms with Crippen molar-refractivity contribution in [2.45, 2.75) is 12.8 Å². The van der Waals surface area contributed by atoms with E-state index in [9.17, 15) is 14.0 Å². The molecule has 0 aliphatic carbocycles. The van der Waals surface area contributed by atoms with Gasteiger partial charge in [0.2, 0.25) is 5.91 Å². The molecule has 1 N–H and O–H groups in total. The first-order valence-electron chi connectivity index (χ1n) is 10.8. The average molecular weight is 445 g/mol. The molecule has 0 radical (unpaired) electrons. The number of hydrogen-bond acceptors (Lipinski definition) is 4. The lowest BCUT2D eigenvalue weighted by molar-refractivity contribution is -0.130. The number of benzene rings is 2. The van der Waals surface area contributed by atoms with Crippen LogP contribution in [-0.4, -0.2) is 46.3 Å². The Bertz CT molecular complexity index is 1170. The van der Waals surface area contributed by atoms with E-state index in [1.54, 1.807) is 29.2 Å². The molecule has 1 aliphatic heterocycles. The van der Waals surface area contributed by atoms with Crippen LogP contribution in [0.15, 0.2) is 79.8 Å². The third kappa shape index (κ3) is 4.67. The van der Waals surface area contributed by atoms with Gasteiger partial charge in [-0.05, 0) is 30.0 Å². The molecular formula is C26H25FN4O2. The maximum absolute atomic E-state index is 14.6. The summed E-state index contributed by atoms with van der Waals surface area (Å²) in [7, 11) is 0. The average Bonchev–Trinajstić information content (AvgIpc) is 3.28. The monoisotopic (exact) mass is 444 g/mol. The van der Waals surface area contributed by atoms with Gasteiger partial charge in [0.1, 0.15) is 11.5 Å². The number of rotatable bonds is 7. The highest BCUT2D eigenvalue weighted by Gasteiger charge is 2.46. The van der Waals surface area contributed by atoms with Crippen LogP contribution < -0.4 is 5.32 Å². The van der Waals surface area contributed by atoms with Crippen LogP contribution in [0.3, 0.4) is 0 Å².